The Hall–Kier alpha value is -2.48. The zero-order valence-corrected chi connectivity index (χ0v) is 11.3. The highest BCUT2D eigenvalue weighted by atomic mass is 15.4. The van der Waals surface area contributed by atoms with Crippen LogP contribution in [-0.2, 0) is 0 Å². The molecule has 0 amide bonds. The molecular formula is C14H17N5. The van der Waals surface area contributed by atoms with Crippen LogP contribution in [0.15, 0.2) is 30.3 Å². The zero-order valence-electron chi connectivity index (χ0n) is 11.3. The van der Waals surface area contributed by atoms with Gasteiger partial charge >= 0.3 is 0 Å². The number of rotatable bonds is 3. The predicted octanol–water partition coefficient (Wildman–Crippen LogP) is 2.69. The first-order chi connectivity index (χ1) is 9.06. The quantitative estimate of drug-likeness (QED) is 0.858. The molecule has 98 valence electrons. The molecule has 2 N–H and O–H groups in total. The minimum absolute atomic E-state index is 0.00426. The Labute approximate surface area is 113 Å². The zero-order chi connectivity index (χ0) is 14.0. The third-order valence-electron chi connectivity index (χ3n) is 3.09. The van der Waals surface area contributed by atoms with Gasteiger partial charge in [0.1, 0.15) is 5.82 Å². The highest BCUT2D eigenvalue weighted by Crippen LogP contribution is 2.35. The van der Waals surface area contributed by atoms with Crippen molar-refractivity contribution in [3.63, 3.8) is 0 Å². The molecule has 1 aromatic heterocycles. The summed E-state index contributed by atoms with van der Waals surface area (Å²) < 4.78 is 1.71. The molecule has 5 nitrogen and oxygen atoms in total. The normalized spacial score (nSPS) is 11.9. The van der Waals surface area contributed by atoms with Crippen molar-refractivity contribution >= 4 is 17.3 Å². The SMILES string of the molecule is [C-]#[N+]c1c(N(C)C)nn(C(C)c2ccccc2)c1N. The minimum atomic E-state index is -0.00426. The monoisotopic (exact) mass is 255 g/mol. The summed E-state index contributed by atoms with van der Waals surface area (Å²) in [6, 6.07) is 9.98. The van der Waals surface area contributed by atoms with Crippen molar-refractivity contribution < 1.29 is 0 Å². The van der Waals surface area contributed by atoms with Crippen LogP contribution in [0.2, 0.25) is 0 Å². The molecule has 5 heteroatoms. The number of hydrogen-bond donors (Lipinski definition) is 1. The summed E-state index contributed by atoms with van der Waals surface area (Å²) in [6.45, 7) is 9.26. The van der Waals surface area contributed by atoms with Gasteiger partial charge in [0.25, 0.3) is 5.69 Å². The molecule has 0 spiro atoms. The van der Waals surface area contributed by atoms with Gasteiger partial charge in [0.2, 0.25) is 0 Å². The molecule has 0 radical (unpaired) electrons. The number of nitrogens with zero attached hydrogens (tertiary/aromatic N) is 4. The van der Waals surface area contributed by atoms with Crippen LogP contribution in [-0.4, -0.2) is 23.9 Å². The van der Waals surface area contributed by atoms with Gasteiger partial charge in [-0.05, 0) is 12.5 Å². The summed E-state index contributed by atoms with van der Waals surface area (Å²) >= 11 is 0. The summed E-state index contributed by atoms with van der Waals surface area (Å²) in [7, 11) is 3.71. The molecule has 2 rings (SSSR count). The fourth-order valence-corrected chi connectivity index (χ4v) is 2.00. The van der Waals surface area contributed by atoms with Crippen LogP contribution in [0.3, 0.4) is 0 Å². The Bertz CT molecular complexity index is 607. The van der Waals surface area contributed by atoms with Gasteiger partial charge in [0.05, 0.1) is 12.6 Å². The highest BCUT2D eigenvalue weighted by molar-refractivity contribution is 5.78. The highest BCUT2D eigenvalue weighted by Gasteiger charge is 2.21. The van der Waals surface area contributed by atoms with Gasteiger partial charge in [-0.3, -0.25) is 4.68 Å². The van der Waals surface area contributed by atoms with Gasteiger partial charge in [-0.1, -0.05) is 30.3 Å². The maximum Gasteiger partial charge on any atom is 0.270 e. The van der Waals surface area contributed by atoms with Crippen molar-refractivity contribution in [3.8, 4) is 0 Å². The fraction of sp³-hybridized carbons (Fsp3) is 0.286. The van der Waals surface area contributed by atoms with Crippen LogP contribution in [0.1, 0.15) is 18.5 Å². The van der Waals surface area contributed by atoms with Crippen LogP contribution in [0.5, 0.6) is 0 Å². The molecule has 0 saturated heterocycles. The number of benzene rings is 1. The third-order valence-corrected chi connectivity index (χ3v) is 3.09. The average Bonchev–Trinajstić information content (AvgIpc) is 2.76. The van der Waals surface area contributed by atoms with Crippen molar-refractivity contribution in [2.24, 2.45) is 0 Å². The Morgan fingerprint density at radius 3 is 2.42 bits per heavy atom. The molecule has 0 saturated carbocycles. The number of nitrogens with two attached hydrogens (primary N) is 1. The lowest BCUT2D eigenvalue weighted by atomic mass is 10.1. The lowest BCUT2D eigenvalue weighted by Crippen LogP contribution is -2.13. The van der Waals surface area contributed by atoms with E-state index in [4.69, 9.17) is 12.3 Å². The number of nitrogen functional groups attached to an aromatic ring is 1. The summed E-state index contributed by atoms with van der Waals surface area (Å²) in [6.07, 6.45) is 0. The van der Waals surface area contributed by atoms with E-state index in [-0.39, 0.29) is 6.04 Å². The van der Waals surface area contributed by atoms with Gasteiger partial charge in [-0.25, -0.2) is 4.85 Å². The summed E-state index contributed by atoms with van der Waals surface area (Å²) in [5, 5.41) is 4.46. The summed E-state index contributed by atoms with van der Waals surface area (Å²) in [4.78, 5) is 5.29. The largest absolute Gasteiger partial charge is 0.393 e. The van der Waals surface area contributed by atoms with E-state index in [1.807, 2.05) is 51.4 Å². The van der Waals surface area contributed by atoms with Crippen molar-refractivity contribution in [2.75, 3.05) is 24.7 Å². The summed E-state index contributed by atoms with van der Waals surface area (Å²) in [5.74, 6) is 1.02. The second kappa shape index (κ2) is 5.02. The molecule has 1 heterocycles. The van der Waals surface area contributed by atoms with Crippen LogP contribution in [0, 0.1) is 6.57 Å². The summed E-state index contributed by atoms with van der Waals surface area (Å²) in [5.41, 5.74) is 7.57. The topological polar surface area (TPSA) is 51.4 Å². The van der Waals surface area contributed by atoms with E-state index in [1.54, 1.807) is 9.58 Å². The Kier molecular flexibility index (Phi) is 3.43. The first-order valence-electron chi connectivity index (χ1n) is 6.04. The molecule has 0 aliphatic rings. The van der Waals surface area contributed by atoms with Gasteiger partial charge < -0.3 is 10.6 Å². The first-order valence-corrected chi connectivity index (χ1v) is 6.04. The predicted molar refractivity (Wildman–Crippen MR) is 77.5 cm³/mol. The molecule has 0 aliphatic heterocycles. The molecule has 1 atom stereocenters. The van der Waals surface area contributed by atoms with Crippen molar-refractivity contribution in [1.29, 1.82) is 0 Å². The van der Waals surface area contributed by atoms with Gasteiger partial charge in [0, 0.05) is 14.1 Å². The van der Waals surface area contributed by atoms with E-state index in [9.17, 15) is 0 Å². The lowest BCUT2D eigenvalue weighted by molar-refractivity contribution is 0.573. The maximum absolute atomic E-state index is 7.24. The van der Waals surface area contributed by atoms with E-state index in [2.05, 4.69) is 9.94 Å². The standard InChI is InChI=1S/C14H17N5/c1-10(11-8-6-5-7-9-11)19-13(15)12(16-2)14(17-19)18(3)4/h5-10H,15H2,1,3-4H3. The minimum Gasteiger partial charge on any atom is -0.393 e. The molecule has 0 bridgehead atoms. The number of hydrogen-bond acceptors (Lipinski definition) is 3. The molecule has 1 aromatic carbocycles. The Morgan fingerprint density at radius 2 is 1.95 bits per heavy atom. The Morgan fingerprint density at radius 1 is 1.32 bits per heavy atom. The maximum atomic E-state index is 7.24. The number of aromatic nitrogens is 2. The van der Waals surface area contributed by atoms with Crippen LogP contribution >= 0.6 is 0 Å². The molecule has 19 heavy (non-hydrogen) atoms. The van der Waals surface area contributed by atoms with Crippen LogP contribution in [0.25, 0.3) is 4.85 Å². The van der Waals surface area contributed by atoms with E-state index >= 15 is 0 Å². The van der Waals surface area contributed by atoms with E-state index in [0.717, 1.165) is 5.56 Å². The van der Waals surface area contributed by atoms with Gasteiger partial charge in [0.15, 0.2) is 5.82 Å². The fourth-order valence-electron chi connectivity index (χ4n) is 2.00. The van der Waals surface area contributed by atoms with Crippen molar-refractivity contribution in [3.05, 3.63) is 47.3 Å². The third kappa shape index (κ3) is 2.25. The Balaban J connectivity index is 2.50. The van der Waals surface area contributed by atoms with Crippen molar-refractivity contribution in [2.45, 2.75) is 13.0 Å². The van der Waals surface area contributed by atoms with Crippen molar-refractivity contribution in [1.82, 2.24) is 9.78 Å². The smallest absolute Gasteiger partial charge is 0.270 e. The molecular weight excluding hydrogens is 238 g/mol. The first kappa shape index (κ1) is 13.0. The number of anilines is 2. The molecule has 1 unspecified atom stereocenters. The molecule has 2 aromatic rings. The van der Waals surface area contributed by atoms with E-state index in [1.165, 1.54) is 0 Å². The van der Waals surface area contributed by atoms with Gasteiger partial charge in [-0.15, -0.1) is 0 Å². The van der Waals surface area contributed by atoms with E-state index in [0.29, 0.717) is 17.3 Å². The van der Waals surface area contributed by atoms with Crippen LogP contribution < -0.4 is 10.6 Å². The van der Waals surface area contributed by atoms with E-state index < -0.39 is 0 Å². The second-order valence-corrected chi connectivity index (χ2v) is 4.59. The molecule has 0 aliphatic carbocycles. The second-order valence-electron chi connectivity index (χ2n) is 4.59. The molecule has 0 fully saturated rings. The average molecular weight is 255 g/mol. The van der Waals surface area contributed by atoms with Crippen LogP contribution in [0.4, 0.5) is 17.3 Å². The van der Waals surface area contributed by atoms with Gasteiger partial charge in [-0.2, -0.15) is 5.10 Å². The lowest BCUT2D eigenvalue weighted by Gasteiger charge is -2.15.